The van der Waals surface area contributed by atoms with Gasteiger partial charge in [0.05, 0.1) is 0 Å². The fraction of sp³-hybridized carbons (Fsp3) is 0.467. The summed E-state index contributed by atoms with van der Waals surface area (Å²) in [7, 11) is 0. The summed E-state index contributed by atoms with van der Waals surface area (Å²) in [5.74, 6) is 0. The molecule has 2 atom stereocenters. The van der Waals surface area contributed by atoms with Gasteiger partial charge in [0.25, 0.3) is 0 Å². The minimum atomic E-state index is 0. The minimum absolute atomic E-state index is 0. The molecule has 2 aliphatic heterocycles. The molecule has 92 valence electrons. The van der Waals surface area contributed by atoms with Crippen LogP contribution in [0, 0.1) is 0 Å². The van der Waals surface area contributed by atoms with E-state index in [1.165, 1.54) is 12.8 Å². The molecule has 1 aromatic rings. The number of nitrogens with zero attached hydrogens (tertiary/aromatic N) is 1. The van der Waals surface area contributed by atoms with E-state index in [0.717, 1.165) is 13.0 Å². The van der Waals surface area contributed by atoms with Crippen LogP contribution in [0.15, 0.2) is 36.4 Å². The van der Waals surface area contributed by atoms with Crippen molar-refractivity contribution in [3.8, 4) is 0 Å². The van der Waals surface area contributed by atoms with Gasteiger partial charge in [-0.2, -0.15) is 0 Å². The quantitative estimate of drug-likeness (QED) is 0.724. The maximum atomic E-state index is 2.66. The molecule has 0 amide bonds. The summed E-state index contributed by atoms with van der Waals surface area (Å²) in [6.07, 6.45) is 8.46. The fourth-order valence-electron chi connectivity index (χ4n) is 3.27. The zero-order chi connectivity index (χ0) is 11.0. The molecule has 0 saturated carbocycles. The van der Waals surface area contributed by atoms with Gasteiger partial charge in [-0.15, -0.1) is 12.4 Å². The van der Waals surface area contributed by atoms with E-state index in [4.69, 9.17) is 0 Å². The Hall–Kier alpha value is -0.790. The van der Waals surface area contributed by atoms with Gasteiger partial charge in [0.2, 0.25) is 0 Å². The van der Waals surface area contributed by atoms with Gasteiger partial charge in [0.1, 0.15) is 0 Å². The van der Waals surface area contributed by atoms with Crippen LogP contribution in [-0.4, -0.2) is 11.4 Å². The summed E-state index contributed by atoms with van der Waals surface area (Å²) >= 11 is 0. The van der Waals surface area contributed by atoms with Crippen molar-refractivity contribution in [2.24, 2.45) is 0 Å². The van der Waals surface area contributed by atoms with E-state index in [1.54, 1.807) is 11.1 Å². The highest BCUT2D eigenvalue weighted by atomic mass is 35.5. The summed E-state index contributed by atoms with van der Waals surface area (Å²) < 4.78 is 0. The Kier molecular flexibility index (Phi) is 3.90. The Morgan fingerprint density at radius 3 is 2.24 bits per heavy atom. The molecule has 0 N–H and O–H groups in total. The normalized spacial score (nSPS) is 26.2. The number of benzene rings is 1. The standard InChI is InChI=1S/C15H19N.ClH/c1-2-3-6-11-16-14-9-10-15(16)13-8-5-4-7-12(13)14;/h3-8,14-15H,2,9-11H2,1H3;1H/b6-3+;. The van der Waals surface area contributed by atoms with Crippen LogP contribution in [0.25, 0.3) is 0 Å². The first kappa shape index (κ1) is 12.7. The van der Waals surface area contributed by atoms with Crippen molar-refractivity contribution < 1.29 is 0 Å². The van der Waals surface area contributed by atoms with E-state index < -0.39 is 0 Å². The predicted molar refractivity (Wildman–Crippen MR) is 74.5 cm³/mol. The Balaban J connectivity index is 0.00000108. The molecule has 2 heterocycles. The van der Waals surface area contributed by atoms with Crippen molar-refractivity contribution in [3.05, 3.63) is 47.5 Å². The Morgan fingerprint density at radius 2 is 1.71 bits per heavy atom. The second kappa shape index (κ2) is 5.24. The van der Waals surface area contributed by atoms with Gasteiger partial charge in [-0.1, -0.05) is 43.3 Å². The number of hydrogen-bond donors (Lipinski definition) is 0. The van der Waals surface area contributed by atoms with E-state index in [0.29, 0.717) is 12.1 Å². The zero-order valence-corrected chi connectivity index (χ0v) is 11.1. The van der Waals surface area contributed by atoms with Crippen molar-refractivity contribution in [2.75, 3.05) is 6.54 Å². The van der Waals surface area contributed by atoms with Crippen LogP contribution in [0.5, 0.6) is 0 Å². The first-order chi connectivity index (χ1) is 7.92. The van der Waals surface area contributed by atoms with Crippen molar-refractivity contribution in [1.29, 1.82) is 0 Å². The van der Waals surface area contributed by atoms with Crippen molar-refractivity contribution in [2.45, 2.75) is 38.3 Å². The van der Waals surface area contributed by atoms with Crippen LogP contribution in [-0.2, 0) is 0 Å². The highest BCUT2D eigenvalue weighted by Gasteiger charge is 2.42. The summed E-state index contributed by atoms with van der Waals surface area (Å²) in [5, 5.41) is 0. The third kappa shape index (κ3) is 2.02. The summed E-state index contributed by atoms with van der Waals surface area (Å²) in [6.45, 7) is 3.32. The summed E-state index contributed by atoms with van der Waals surface area (Å²) in [6, 6.07) is 10.4. The lowest BCUT2D eigenvalue weighted by Gasteiger charge is -2.19. The summed E-state index contributed by atoms with van der Waals surface area (Å²) in [5.41, 5.74) is 3.17. The van der Waals surface area contributed by atoms with E-state index in [-0.39, 0.29) is 12.4 Å². The number of rotatable bonds is 3. The lowest BCUT2D eigenvalue weighted by atomic mass is 9.92. The van der Waals surface area contributed by atoms with E-state index >= 15 is 0 Å². The molecule has 0 spiro atoms. The molecule has 2 heteroatoms. The number of fused-ring (bicyclic) bond motifs is 5. The first-order valence-electron chi connectivity index (χ1n) is 6.41. The molecule has 1 nitrogen and oxygen atoms in total. The molecule has 17 heavy (non-hydrogen) atoms. The smallest absolute Gasteiger partial charge is 0.0361 e. The monoisotopic (exact) mass is 249 g/mol. The highest BCUT2D eigenvalue weighted by Crippen LogP contribution is 2.52. The molecule has 2 bridgehead atoms. The fourth-order valence-corrected chi connectivity index (χ4v) is 3.27. The minimum Gasteiger partial charge on any atom is -0.286 e. The lowest BCUT2D eigenvalue weighted by molar-refractivity contribution is 0.249. The molecular weight excluding hydrogens is 230 g/mol. The van der Waals surface area contributed by atoms with Crippen molar-refractivity contribution in [3.63, 3.8) is 0 Å². The largest absolute Gasteiger partial charge is 0.286 e. The molecule has 0 aliphatic carbocycles. The maximum absolute atomic E-state index is 2.66. The second-order valence-corrected chi connectivity index (χ2v) is 4.81. The molecular formula is C15H20ClN. The third-order valence-corrected chi connectivity index (χ3v) is 3.95. The molecule has 2 aliphatic rings. The van der Waals surface area contributed by atoms with E-state index in [9.17, 15) is 0 Å². The lowest BCUT2D eigenvalue weighted by Crippen LogP contribution is -2.19. The van der Waals surface area contributed by atoms with Crippen molar-refractivity contribution in [1.82, 2.24) is 4.90 Å². The second-order valence-electron chi connectivity index (χ2n) is 4.81. The van der Waals surface area contributed by atoms with Gasteiger partial charge in [-0.25, -0.2) is 0 Å². The molecule has 1 fully saturated rings. The van der Waals surface area contributed by atoms with Gasteiger partial charge in [0.15, 0.2) is 0 Å². The Morgan fingerprint density at radius 1 is 1.12 bits per heavy atom. The van der Waals surface area contributed by atoms with Crippen LogP contribution in [0.2, 0.25) is 0 Å². The van der Waals surface area contributed by atoms with Crippen LogP contribution in [0.1, 0.15) is 49.4 Å². The van der Waals surface area contributed by atoms with Gasteiger partial charge >= 0.3 is 0 Å². The average molecular weight is 250 g/mol. The number of allylic oxidation sites excluding steroid dienone is 1. The van der Waals surface area contributed by atoms with Gasteiger partial charge in [0, 0.05) is 18.6 Å². The predicted octanol–water partition coefficient (Wildman–Crippen LogP) is 4.27. The van der Waals surface area contributed by atoms with Crippen LogP contribution >= 0.6 is 12.4 Å². The topological polar surface area (TPSA) is 3.24 Å². The molecule has 3 rings (SSSR count). The molecule has 0 aromatic heterocycles. The maximum Gasteiger partial charge on any atom is 0.0361 e. The summed E-state index contributed by atoms with van der Waals surface area (Å²) in [4.78, 5) is 2.66. The van der Waals surface area contributed by atoms with Gasteiger partial charge < -0.3 is 0 Å². The first-order valence-corrected chi connectivity index (χ1v) is 6.41. The zero-order valence-electron chi connectivity index (χ0n) is 10.3. The number of halogens is 1. The Labute approximate surface area is 110 Å². The molecule has 1 saturated heterocycles. The average Bonchev–Trinajstić information content (AvgIpc) is 2.86. The number of hydrogen-bond acceptors (Lipinski definition) is 1. The molecule has 0 radical (unpaired) electrons. The van der Waals surface area contributed by atoms with Gasteiger partial charge in [-0.05, 0) is 30.4 Å². The third-order valence-electron chi connectivity index (χ3n) is 3.95. The van der Waals surface area contributed by atoms with Crippen LogP contribution in [0.4, 0.5) is 0 Å². The van der Waals surface area contributed by atoms with Crippen LogP contribution < -0.4 is 0 Å². The van der Waals surface area contributed by atoms with Gasteiger partial charge in [-0.3, -0.25) is 4.90 Å². The van der Waals surface area contributed by atoms with Crippen molar-refractivity contribution >= 4 is 12.4 Å². The van der Waals surface area contributed by atoms with E-state index in [1.807, 2.05) is 0 Å². The highest BCUT2D eigenvalue weighted by molar-refractivity contribution is 5.85. The SMILES string of the molecule is CC/C=C/CN1C2CCC1c1ccccc12.Cl. The Bertz CT molecular complexity index is 382. The molecule has 1 aromatic carbocycles. The van der Waals surface area contributed by atoms with E-state index in [2.05, 4.69) is 48.2 Å². The van der Waals surface area contributed by atoms with Crippen LogP contribution in [0.3, 0.4) is 0 Å². The molecule has 2 unspecified atom stereocenters.